The number of methoxy groups -OCH3 is 1. The third-order valence-corrected chi connectivity index (χ3v) is 1.85. The molecule has 0 unspecified atom stereocenters. The number of rotatable bonds is 2. The molecule has 0 aliphatic rings. The van der Waals surface area contributed by atoms with Gasteiger partial charge in [-0.05, 0) is 7.11 Å². The summed E-state index contributed by atoms with van der Waals surface area (Å²) in [4.78, 5) is 0. The van der Waals surface area contributed by atoms with Crippen LogP contribution in [0.25, 0.3) is 0 Å². The molecule has 0 aliphatic carbocycles. The molecule has 0 aromatic rings. The molecule has 0 heterocycles. The Hall–Kier alpha value is 0.154. The second-order valence-corrected chi connectivity index (χ2v) is 8.05. The van der Waals surface area contributed by atoms with Gasteiger partial charge < -0.3 is 9.84 Å². The third kappa shape index (κ3) is 8.15. The molecule has 0 aromatic carbocycles. The first-order valence-electron chi connectivity index (χ1n) is 2.89. The molecule has 0 spiro atoms. The third-order valence-electron chi connectivity index (χ3n) is 0.752. The van der Waals surface area contributed by atoms with E-state index in [1.807, 2.05) is 0 Å². The van der Waals surface area contributed by atoms with Crippen LogP contribution < -0.4 is 24.0 Å². The van der Waals surface area contributed by atoms with Crippen LogP contribution in [-0.4, -0.2) is 15.2 Å². The van der Waals surface area contributed by atoms with E-state index in [9.17, 15) is 5.11 Å². The van der Waals surface area contributed by atoms with Crippen molar-refractivity contribution >= 4 is 8.07 Å². The zero-order chi connectivity index (χ0) is 7.49. The molecule has 54 valence electrons. The summed E-state index contributed by atoms with van der Waals surface area (Å²) in [6, 6.07) is 0. The van der Waals surface area contributed by atoms with Gasteiger partial charge in [0, 0.05) is 5.95 Å². The number of hydrogen-bond donors (Lipinski definition) is 0. The maximum atomic E-state index is 10.6. The monoisotopic (exact) mass is 152 g/mol. The van der Waals surface area contributed by atoms with Gasteiger partial charge in [0.2, 0.25) is 0 Å². The predicted molar refractivity (Wildman–Crippen MR) is 38.4 cm³/mol. The van der Waals surface area contributed by atoms with Gasteiger partial charge in [-0.25, -0.2) is 0 Å². The largest absolute Gasteiger partial charge is 1.00 e. The fourth-order valence-corrected chi connectivity index (χ4v) is 1.24. The van der Waals surface area contributed by atoms with Crippen LogP contribution in [0.1, 0.15) is 0 Å². The molecule has 0 fully saturated rings. The van der Waals surface area contributed by atoms with Crippen molar-refractivity contribution in [1.29, 1.82) is 0 Å². The number of hydrogen-bond acceptors (Lipinski definition) is 2. The molecule has 10 heavy (non-hydrogen) atoms. The minimum absolute atomic E-state index is 0. The Morgan fingerprint density at radius 1 is 1.40 bits per heavy atom. The number of ether oxygens (including phenoxy) is 1. The Labute approximate surface area is 75.5 Å². The van der Waals surface area contributed by atoms with Crippen LogP contribution in [0.15, 0.2) is 11.6 Å². The van der Waals surface area contributed by atoms with Crippen molar-refractivity contribution in [3.8, 4) is 0 Å². The van der Waals surface area contributed by atoms with Crippen LogP contribution in [0.4, 0.5) is 0 Å². The van der Waals surface area contributed by atoms with Gasteiger partial charge in [-0.1, -0.05) is 25.3 Å². The Bertz CT molecular complexity index is 117. The maximum absolute atomic E-state index is 10.6. The van der Waals surface area contributed by atoms with E-state index >= 15 is 0 Å². The van der Waals surface area contributed by atoms with Crippen LogP contribution in [0.5, 0.6) is 0 Å². The van der Waals surface area contributed by atoms with Crippen molar-refractivity contribution < 1.29 is 28.7 Å². The molecule has 0 saturated carbocycles. The van der Waals surface area contributed by atoms with Crippen LogP contribution in [0, 0.1) is 0 Å². The van der Waals surface area contributed by atoms with Gasteiger partial charge in [-0.15, -0.1) is 0 Å². The van der Waals surface area contributed by atoms with E-state index in [1.165, 1.54) is 7.11 Å². The summed E-state index contributed by atoms with van der Waals surface area (Å²) in [5.41, 5.74) is 1.69. The van der Waals surface area contributed by atoms with E-state index in [1.54, 1.807) is 5.70 Å². The summed E-state index contributed by atoms with van der Waals surface area (Å²) in [6.07, 6.45) is 0. The smallest absolute Gasteiger partial charge is 0.617 e. The molecule has 0 aliphatic heterocycles. The van der Waals surface area contributed by atoms with E-state index < -0.39 is 8.07 Å². The molecule has 0 amide bonds. The molecule has 0 bridgehead atoms. The Kier molecular flexibility index (Phi) is 6.26. The summed E-state index contributed by atoms with van der Waals surface area (Å²) in [5.74, 6) is -0.200. The van der Waals surface area contributed by atoms with Crippen LogP contribution in [0.2, 0.25) is 19.6 Å². The zero-order valence-corrected chi connectivity index (χ0v) is 8.39. The molecule has 0 rings (SSSR count). The molecule has 0 atom stereocenters. The second-order valence-electron chi connectivity index (χ2n) is 3.03. The van der Waals surface area contributed by atoms with Crippen molar-refractivity contribution in [1.82, 2.24) is 0 Å². The molecule has 0 aromatic heterocycles. The normalized spacial score (nSPS) is 12.2. The molecule has 0 radical (unpaired) electrons. The van der Waals surface area contributed by atoms with Crippen molar-refractivity contribution in [2.24, 2.45) is 0 Å². The van der Waals surface area contributed by atoms with Crippen molar-refractivity contribution in [2.75, 3.05) is 7.11 Å². The topological polar surface area (TPSA) is 32.3 Å². The second kappa shape index (κ2) is 4.89. The van der Waals surface area contributed by atoms with Crippen LogP contribution >= 0.6 is 0 Å². The van der Waals surface area contributed by atoms with Gasteiger partial charge in [-0.3, -0.25) is 0 Å². The van der Waals surface area contributed by atoms with Gasteiger partial charge in [0.25, 0.3) is 0 Å². The molecular formula is C6H13LiO2Si. The maximum Gasteiger partial charge on any atom is 1.00 e. The van der Waals surface area contributed by atoms with Crippen LogP contribution in [0.3, 0.4) is 0 Å². The first kappa shape index (κ1) is 12.8. The Morgan fingerprint density at radius 2 is 1.80 bits per heavy atom. The first-order valence-corrected chi connectivity index (χ1v) is 6.47. The summed E-state index contributed by atoms with van der Waals surface area (Å²) in [5, 5.41) is 10.6. The fraction of sp³-hybridized carbons (Fsp3) is 0.667. The van der Waals surface area contributed by atoms with E-state index in [2.05, 4.69) is 24.4 Å². The Morgan fingerprint density at radius 3 is 1.90 bits per heavy atom. The van der Waals surface area contributed by atoms with Crippen molar-refractivity contribution in [3.05, 3.63) is 11.6 Å². The van der Waals surface area contributed by atoms with Crippen molar-refractivity contribution in [3.63, 3.8) is 0 Å². The Balaban J connectivity index is 0. The summed E-state index contributed by atoms with van der Waals surface area (Å²) in [7, 11) is 0.0610. The van der Waals surface area contributed by atoms with Gasteiger partial charge in [-0.2, -0.15) is 0 Å². The zero-order valence-electron chi connectivity index (χ0n) is 7.39. The molecule has 0 saturated heterocycles. The van der Waals surface area contributed by atoms with E-state index in [-0.39, 0.29) is 24.8 Å². The SMILES string of the molecule is CO/C([O-])=C\[Si](C)(C)C.[Li+]. The van der Waals surface area contributed by atoms with Crippen LogP contribution in [-0.2, 0) is 4.74 Å². The average Bonchev–Trinajstić information content (AvgIpc) is 1.62. The summed E-state index contributed by atoms with van der Waals surface area (Å²) in [6.45, 7) is 6.26. The minimum atomic E-state index is -1.34. The van der Waals surface area contributed by atoms with Gasteiger partial charge in [0.05, 0.1) is 8.07 Å². The predicted octanol–water partition coefficient (Wildman–Crippen LogP) is -2.28. The van der Waals surface area contributed by atoms with Gasteiger partial charge in [0.1, 0.15) is 0 Å². The summed E-state index contributed by atoms with van der Waals surface area (Å²) >= 11 is 0. The van der Waals surface area contributed by atoms with Crippen molar-refractivity contribution in [2.45, 2.75) is 19.6 Å². The molecule has 2 nitrogen and oxygen atoms in total. The average molecular weight is 152 g/mol. The minimum Gasteiger partial charge on any atom is -0.617 e. The standard InChI is InChI=1S/C6H14O2Si.Li/c1-8-6(7)5-9(2,3)4;/h5,7H,1-4H3;/q;+1/p-1/b6-5-;. The molecular weight excluding hydrogens is 139 g/mol. The van der Waals surface area contributed by atoms with E-state index in [4.69, 9.17) is 0 Å². The molecule has 0 N–H and O–H groups in total. The first-order chi connectivity index (χ1) is 3.95. The van der Waals surface area contributed by atoms with Gasteiger partial charge >= 0.3 is 18.9 Å². The quantitative estimate of drug-likeness (QED) is 0.330. The molecule has 4 heteroatoms. The van der Waals surface area contributed by atoms with E-state index in [0.29, 0.717) is 0 Å². The summed E-state index contributed by atoms with van der Waals surface area (Å²) < 4.78 is 4.47. The van der Waals surface area contributed by atoms with E-state index in [0.717, 1.165) is 0 Å². The fourth-order valence-electron chi connectivity index (χ4n) is 0.412. The van der Waals surface area contributed by atoms with Gasteiger partial charge in [0.15, 0.2) is 0 Å².